The minimum atomic E-state index is -4.52. The first-order valence-corrected chi connectivity index (χ1v) is 5.01. The van der Waals surface area contributed by atoms with Crippen molar-refractivity contribution in [1.82, 2.24) is 9.78 Å². The Morgan fingerprint density at radius 2 is 1.78 bits per heavy atom. The number of alkyl halides is 3. The second-order valence-electron chi connectivity index (χ2n) is 3.74. The van der Waals surface area contributed by atoms with Crippen LogP contribution in [0.3, 0.4) is 0 Å². The fraction of sp³-hybridized carbons (Fsp3) is 0.182. The summed E-state index contributed by atoms with van der Waals surface area (Å²) in [4.78, 5) is 0. The van der Waals surface area contributed by atoms with Gasteiger partial charge in [0.25, 0.3) is 0 Å². The Labute approximate surface area is 99.8 Å². The first-order chi connectivity index (χ1) is 8.36. The lowest BCUT2D eigenvalue weighted by Crippen LogP contribution is -2.15. The molecule has 18 heavy (non-hydrogen) atoms. The van der Waals surface area contributed by atoms with Crippen molar-refractivity contribution in [3.05, 3.63) is 47.4 Å². The summed E-state index contributed by atoms with van der Waals surface area (Å²) >= 11 is 0. The van der Waals surface area contributed by atoms with Crippen molar-refractivity contribution in [2.75, 3.05) is 5.73 Å². The quantitative estimate of drug-likeness (QED) is 0.842. The summed E-state index contributed by atoms with van der Waals surface area (Å²) in [6.07, 6.45) is -4.52. The maximum Gasteiger partial charge on any atom is 0.433 e. The molecule has 1 heterocycles. The lowest BCUT2D eigenvalue weighted by atomic mass is 10.2. The van der Waals surface area contributed by atoms with Crippen LogP contribution in [0.5, 0.6) is 0 Å². The molecule has 0 atom stereocenters. The van der Waals surface area contributed by atoms with Gasteiger partial charge in [-0.05, 0) is 17.7 Å². The van der Waals surface area contributed by atoms with Gasteiger partial charge >= 0.3 is 6.18 Å². The van der Waals surface area contributed by atoms with Crippen LogP contribution in [-0.4, -0.2) is 9.78 Å². The van der Waals surface area contributed by atoms with Gasteiger partial charge in [-0.25, -0.2) is 4.39 Å². The highest BCUT2D eigenvalue weighted by molar-refractivity contribution is 5.31. The van der Waals surface area contributed by atoms with E-state index in [1.807, 2.05) is 0 Å². The number of aromatic nitrogens is 2. The number of rotatable bonds is 2. The smallest absolute Gasteiger partial charge is 0.382 e. The third kappa shape index (κ3) is 2.61. The minimum Gasteiger partial charge on any atom is -0.382 e. The van der Waals surface area contributed by atoms with Crippen LogP contribution >= 0.6 is 0 Å². The molecule has 0 fully saturated rings. The van der Waals surface area contributed by atoms with Crippen molar-refractivity contribution in [2.45, 2.75) is 12.7 Å². The van der Waals surface area contributed by atoms with Crippen LogP contribution < -0.4 is 5.73 Å². The van der Waals surface area contributed by atoms with Gasteiger partial charge in [0.15, 0.2) is 0 Å². The summed E-state index contributed by atoms with van der Waals surface area (Å²) < 4.78 is 51.4. The van der Waals surface area contributed by atoms with Gasteiger partial charge in [0.2, 0.25) is 0 Å². The molecule has 0 spiro atoms. The molecule has 0 aliphatic carbocycles. The van der Waals surface area contributed by atoms with Crippen LogP contribution in [-0.2, 0) is 12.7 Å². The molecule has 0 saturated carbocycles. The number of hydrogen-bond acceptors (Lipinski definition) is 2. The number of nitrogen functional groups attached to an aromatic ring is 1. The SMILES string of the molecule is Nc1cc(C(F)(F)F)n(Cc2ccc(F)cc2)n1. The molecule has 0 aliphatic rings. The molecule has 2 rings (SSSR count). The third-order valence-corrected chi connectivity index (χ3v) is 2.33. The number of nitrogens with two attached hydrogens (primary N) is 1. The molecule has 96 valence electrons. The standard InChI is InChI=1S/C11H9F4N3/c12-8-3-1-7(2-4-8)6-18-9(11(13,14)15)5-10(16)17-18/h1-5H,6H2,(H2,16,17). The Kier molecular flexibility index (Phi) is 2.98. The largest absolute Gasteiger partial charge is 0.433 e. The molecule has 0 saturated heterocycles. The van der Waals surface area contributed by atoms with Gasteiger partial charge in [-0.2, -0.15) is 18.3 Å². The van der Waals surface area contributed by atoms with Gasteiger partial charge in [-0.3, -0.25) is 4.68 Å². The summed E-state index contributed by atoms with van der Waals surface area (Å²) in [5.74, 6) is -0.654. The molecular weight excluding hydrogens is 250 g/mol. The molecule has 0 radical (unpaired) electrons. The zero-order valence-corrected chi connectivity index (χ0v) is 9.08. The van der Waals surface area contributed by atoms with Crippen molar-refractivity contribution < 1.29 is 17.6 Å². The normalized spacial score (nSPS) is 11.8. The second-order valence-corrected chi connectivity index (χ2v) is 3.74. The minimum absolute atomic E-state index is 0.119. The van der Waals surface area contributed by atoms with Crippen molar-refractivity contribution in [2.24, 2.45) is 0 Å². The highest BCUT2D eigenvalue weighted by atomic mass is 19.4. The van der Waals surface area contributed by atoms with E-state index in [1.54, 1.807) is 0 Å². The molecule has 0 aliphatic heterocycles. The average molecular weight is 259 g/mol. The van der Waals surface area contributed by atoms with Gasteiger partial charge in [0, 0.05) is 6.07 Å². The number of nitrogens with zero attached hydrogens (tertiary/aromatic N) is 2. The lowest BCUT2D eigenvalue weighted by molar-refractivity contribution is -0.144. The van der Waals surface area contributed by atoms with E-state index in [1.165, 1.54) is 24.3 Å². The predicted molar refractivity (Wildman–Crippen MR) is 57.1 cm³/mol. The van der Waals surface area contributed by atoms with Gasteiger partial charge in [0.05, 0.1) is 6.54 Å². The van der Waals surface area contributed by atoms with Gasteiger partial charge in [-0.15, -0.1) is 0 Å². The molecule has 0 bridgehead atoms. The van der Waals surface area contributed by atoms with Crippen molar-refractivity contribution >= 4 is 5.82 Å². The Hall–Kier alpha value is -2.05. The first kappa shape index (κ1) is 12.4. The molecule has 3 nitrogen and oxygen atoms in total. The second kappa shape index (κ2) is 4.32. The maximum absolute atomic E-state index is 12.7. The van der Waals surface area contributed by atoms with E-state index in [9.17, 15) is 17.6 Å². The zero-order chi connectivity index (χ0) is 13.3. The fourth-order valence-electron chi connectivity index (χ4n) is 1.55. The van der Waals surface area contributed by atoms with Crippen molar-refractivity contribution in [3.8, 4) is 0 Å². The first-order valence-electron chi connectivity index (χ1n) is 5.01. The molecule has 2 aromatic rings. The maximum atomic E-state index is 12.7. The van der Waals surface area contributed by atoms with Gasteiger partial charge in [0.1, 0.15) is 17.3 Å². The molecule has 0 amide bonds. The molecule has 0 unspecified atom stereocenters. The summed E-state index contributed by atoms with van der Waals surface area (Å²) in [5, 5.41) is 3.58. The Morgan fingerprint density at radius 1 is 1.17 bits per heavy atom. The number of halogens is 4. The number of benzene rings is 1. The summed E-state index contributed by atoms with van der Waals surface area (Å²) in [6.45, 7) is -0.119. The van der Waals surface area contributed by atoms with Crippen LogP contribution in [0.15, 0.2) is 30.3 Å². The molecule has 2 N–H and O–H groups in total. The Bertz CT molecular complexity index is 542. The van der Waals surface area contributed by atoms with E-state index < -0.39 is 17.7 Å². The van der Waals surface area contributed by atoms with E-state index >= 15 is 0 Å². The lowest BCUT2D eigenvalue weighted by Gasteiger charge is -2.09. The van der Waals surface area contributed by atoms with E-state index in [0.29, 0.717) is 5.56 Å². The fourth-order valence-corrected chi connectivity index (χ4v) is 1.55. The summed E-state index contributed by atoms with van der Waals surface area (Å²) in [5.41, 5.74) is 4.84. The highest BCUT2D eigenvalue weighted by Gasteiger charge is 2.35. The van der Waals surface area contributed by atoms with E-state index in [2.05, 4.69) is 5.10 Å². The van der Waals surface area contributed by atoms with Gasteiger partial charge < -0.3 is 5.73 Å². The highest BCUT2D eigenvalue weighted by Crippen LogP contribution is 2.30. The molecule has 7 heteroatoms. The van der Waals surface area contributed by atoms with E-state index in [4.69, 9.17) is 5.73 Å². The van der Waals surface area contributed by atoms with E-state index in [-0.39, 0.29) is 12.4 Å². The number of anilines is 1. The molecule has 1 aromatic carbocycles. The Morgan fingerprint density at radius 3 is 2.33 bits per heavy atom. The van der Waals surface area contributed by atoms with Crippen molar-refractivity contribution in [3.63, 3.8) is 0 Å². The summed E-state index contributed by atoms with van der Waals surface area (Å²) in [6, 6.07) is 5.91. The van der Waals surface area contributed by atoms with E-state index in [0.717, 1.165) is 10.7 Å². The van der Waals surface area contributed by atoms with Crippen LogP contribution in [0.4, 0.5) is 23.4 Å². The zero-order valence-electron chi connectivity index (χ0n) is 9.08. The van der Waals surface area contributed by atoms with Crippen LogP contribution in [0.2, 0.25) is 0 Å². The van der Waals surface area contributed by atoms with Crippen molar-refractivity contribution in [1.29, 1.82) is 0 Å². The van der Waals surface area contributed by atoms with Gasteiger partial charge in [-0.1, -0.05) is 12.1 Å². The predicted octanol–water partition coefficient (Wildman–Crippen LogP) is 2.67. The summed E-state index contributed by atoms with van der Waals surface area (Å²) in [7, 11) is 0. The molecular formula is C11H9F4N3. The monoisotopic (exact) mass is 259 g/mol. The third-order valence-electron chi connectivity index (χ3n) is 2.33. The Balaban J connectivity index is 2.31. The van der Waals surface area contributed by atoms with Crippen LogP contribution in [0, 0.1) is 5.82 Å². The number of hydrogen-bond donors (Lipinski definition) is 1. The van der Waals surface area contributed by atoms with Crippen LogP contribution in [0.1, 0.15) is 11.3 Å². The molecule has 1 aromatic heterocycles. The van der Waals surface area contributed by atoms with Crippen LogP contribution in [0.25, 0.3) is 0 Å². The topological polar surface area (TPSA) is 43.8 Å². The average Bonchev–Trinajstić information content (AvgIpc) is 2.63.